The van der Waals surface area contributed by atoms with Crippen LogP contribution in [-0.4, -0.2) is 16.2 Å². The van der Waals surface area contributed by atoms with Gasteiger partial charge in [0.2, 0.25) is 0 Å². The van der Waals surface area contributed by atoms with E-state index in [0.717, 1.165) is 15.9 Å². The second-order valence-electron chi connectivity index (χ2n) is 3.54. The number of aromatic nitrogens is 2. The molecule has 0 aliphatic rings. The SMILES string of the molecule is CSc1cc(N)nc(SCc2cccc(I)c2)n1. The quantitative estimate of drug-likeness (QED) is 0.374. The molecule has 1 aromatic carbocycles. The third-order valence-electron chi connectivity index (χ3n) is 2.17. The van der Waals surface area contributed by atoms with Crippen LogP contribution in [0.2, 0.25) is 0 Å². The highest BCUT2D eigenvalue weighted by molar-refractivity contribution is 14.1. The summed E-state index contributed by atoms with van der Waals surface area (Å²) in [5.74, 6) is 1.38. The lowest BCUT2D eigenvalue weighted by Crippen LogP contribution is -1.96. The molecule has 0 saturated heterocycles. The van der Waals surface area contributed by atoms with Crippen molar-refractivity contribution in [1.29, 1.82) is 0 Å². The molecule has 1 aromatic heterocycles. The Morgan fingerprint density at radius 1 is 1.28 bits per heavy atom. The number of nitrogen functional groups attached to an aromatic ring is 1. The number of rotatable bonds is 4. The van der Waals surface area contributed by atoms with Crippen LogP contribution in [0.1, 0.15) is 5.56 Å². The minimum absolute atomic E-state index is 0.527. The van der Waals surface area contributed by atoms with Gasteiger partial charge in [0.25, 0.3) is 0 Å². The van der Waals surface area contributed by atoms with Gasteiger partial charge in [-0.25, -0.2) is 9.97 Å². The highest BCUT2D eigenvalue weighted by atomic mass is 127. The van der Waals surface area contributed by atoms with E-state index < -0.39 is 0 Å². The first kappa shape index (κ1) is 14.0. The summed E-state index contributed by atoms with van der Waals surface area (Å²) >= 11 is 5.50. The molecule has 0 bridgehead atoms. The molecule has 2 rings (SSSR count). The Hall–Kier alpha value is -0.470. The number of nitrogens with two attached hydrogens (primary N) is 1. The van der Waals surface area contributed by atoms with Crippen molar-refractivity contribution in [3.63, 3.8) is 0 Å². The van der Waals surface area contributed by atoms with Crippen molar-refractivity contribution in [2.75, 3.05) is 12.0 Å². The molecule has 94 valence electrons. The summed E-state index contributed by atoms with van der Waals surface area (Å²) < 4.78 is 1.24. The zero-order valence-corrected chi connectivity index (χ0v) is 13.6. The normalized spacial score (nSPS) is 10.6. The Balaban J connectivity index is 2.08. The van der Waals surface area contributed by atoms with Crippen molar-refractivity contribution in [1.82, 2.24) is 9.97 Å². The average molecular weight is 389 g/mol. The molecule has 2 aromatic rings. The molecule has 0 spiro atoms. The molecule has 0 aliphatic carbocycles. The summed E-state index contributed by atoms with van der Waals surface area (Å²) in [7, 11) is 0. The van der Waals surface area contributed by atoms with E-state index in [4.69, 9.17) is 5.73 Å². The van der Waals surface area contributed by atoms with Gasteiger partial charge >= 0.3 is 0 Å². The molecule has 0 fully saturated rings. The van der Waals surface area contributed by atoms with E-state index in [1.54, 1.807) is 29.6 Å². The van der Waals surface area contributed by atoms with E-state index in [2.05, 4.69) is 56.8 Å². The van der Waals surface area contributed by atoms with Crippen molar-refractivity contribution in [2.24, 2.45) is 0 Å². The lowest BCUT2D eigenvalue weighted by molar-refractivity contribution is 0.900. The maximum absolute atomic E-state index is 5.75. The Kier molecular flexibility index (Phi) is 5.13. The molecule has 3 nitrogen and oxygen atoms in total. The topological polar surface area (TPSA) is 51.8 Å². The van der Waals surface area contributed by atoms with Crippen LogP contribution >= 0.6 is 46.1 Å². The van der Waals surface area contributed by atoms with Crippen LogP contribution in [0.3, 0.4) is 0 Å². The predicted octanol–water partition coefficient (Wildman–Crippen LogP) is 3.68. The Bertz CT molecular complexity index is 549. The fourth-order valence-electron chi connectivity index (χ4n) is 1.36. The van der Waals surface area contributed by atoms with Gasteiger partial charge in [-0.3, -0.25) is 0 Å². The lowest BCUT2D eigenvalue weighted by Gasteiger charge is -2.04. The zero-order chi connectivity index (χ0) is 13.0. The lowest BCUT2D eigenvalue weighted by atomic mass is 10.2. The van der Waals surface area contributed by atoms with Crippen LogP contribution in [-0.2, 0) is 5.75 Å². The number of benzene rings is 1. The number of nitrogens with zero attached hydrogens (tertiary/aromatic N) is 2. The molecule has 2 N–H and O–H groups in total. The number of anilines is 1. The maximum Gasteiger partial charge on any atom is 0.190 e. The maximum atomic E-state index is 5.75. The molecule has 6 heteroatoms. The highest BCUT2D eigenvalue weighted by Crippen LogP contribution is 2.23. The van der Waals surface area contributed by atoms with Gasteiger partial charge in [0.15, 0.2) is 5.16 Å². The van der Waals surface area contributed by atoms with Crippen LogP contribution in [0.5, 0.6) is 0 Å². The molecule has 18 heavy (non-hydrogen) atoms. The van der Waals surface area contributed by atoms with Crippen molar-refractivity contribution >= 4 is 51.9 Å². The summed E-state index contributed by atoms with van der Waals surface area (Å²) in [5.41, 5.74) is 7.02. The van der Waals surface area contributed by atoms with Crippen molar-refractivity contribution in [2.45, 2.75) is 15.9 Å². The zero-order valence-electron chi connectivity index (χ0n) is 9.76. The van der Waals surface area contributed by atoms with Crippen molar-refractivity contribution < 1.29 is 0 Å². The molecule has 0 atom stereocenters. The van der Waals surface area contributed by atoms with E-state index in [1.807, 2.05) is 6.26 Å². The largest absolute Gasteiger partial charge is 0.384 e. The minimum atomic E-state index is 0.527. The molecule has 0 saturated carbocycles. The number of thioether (sulfide) groups is 2. The second kappa shape index (κ2) is 6.63. The number of halogens is 1. The van der Waals surface area contributed by atoms with E-state index >= 15 is 0 Å². The summed E-state index contributed by atoms with van der Waals surface area (Å²) in [5, 5.41) is 1.64. The van der Waals surface area contributed by atoms with Crippen LogP contribution in [0.25, 0.3) is 0 Å². The van der Waals surface area contributed by atoms with Crippen molar-refractivity contribution in [3.8, 4) is 0 Å². The van der Waals surface area contributed by atoms with Gasteiger partial charge in [0.1, 0.15) is 10.8 Å². The van der Waals surface area contributed by atoms with E-state index in [1.165, 1.54) is 9.13 Å². The Morgan fingerprint density at radius 3 is 2.83 bits per heavy atom. The van der Waals surface area contributed by atoms with Gasteiger partial charge < -0.3 is 5.73 Å². The van der Waals surface area contributed by atoms with Gasteiger partial charge in [0, 0.05) is 15.4 Å². The minimum Gasteiger partial charge on any atom is -0.384 e. The first-order valence-electron chi connectivity index (χ1n) is 5.23. The van der Waals surface area contributed by atoms with Gasteiger partial charge in [-0.1, -0.05) is 23.9 Å². The first-order valence-corrected chi connectivity index (χ1v) is 8.52. The molecular weight excluding hydrogens is 377 g/mol. The third kappa shape index (κ3) is 4.03. The predicted molar refractivity (Wildman–Crippen MR) is 86.9 cm³/mol. The number of hydrogen-bond donors (Lipinski definition) is 1. The molecule has 0 aliphatic heterocycles. The first-order chi connectivity index (χ1) is 8.67. The molecular formula is C12H12IN3S2. The summed E-state index contributed by atoms with van der Waals surface area (Å²) in [6.45, 7) is 0. The van der Waals surface area contributed by atoms with Gasteiger partial charge in [0.05, 0.1) is 0 Å². The van der Waals surface area contributed by atoms with Crippen molar-refractivity contribution in [3.05, 3.63) is 39.5 Å². The fraction of sp³-hybridized carbons (Fsp3) is 0.167. The average Bonchev–Trinajstić information content (AvgIpc) is 2.36. The molecule has 0 unspecified atom stereocenters. The fourth-order valence-corrected chi connectivity index (χ4v) is 3.25. The summed E-state index contributed by atoms with van der Waals surface area (Å²) in [6, 6.07) is 10.2. The summed E-state index contributed by atoms with van der Waals surface area (Å²) in [6.07, 6.45) is 1.98. The summed E-state index contributed by atoms with van der Waals surface area (Å²) in [4.78, 5) is 8.66. The van der Waals surface area contributed by atoms with Crippen LogP contribution in [0, 0.1) is 3.57 Å². The van der Waals surface area contributed by atoms with Crippen LogP contribution in [0.4, 0.5) is 5.82 Å². The molecule has 1 heterocycles. The van der Waals surface area contributed by atoms with Gasteiger partial charge in [-0.15, -0.1) is 11.8 Å². The standard InChI is InChI=1S/C12H12IN3S2/c1-17-11-6-10(14)15-12(16-11)18-7-8-3-2-4-9(13)5-8/h2-6H,7H2,1H3,(H2,14,15,16). The van der Waals surface area contributed by atoms with E-state index in [0.29, 0.717) is 5.82 Å². The van der Waals surface area contributed by atoms with Gasteiger partial charge in [-0.05, 0) is 46.5 Å². The van der Waals surface area contributed by atoms with E-state index in [9.17, 15) is 0 Å². The van der Waals surface area contributed by atoms with E-state index in [-0.39, 0.29) is 0 Å². The van der Waals surface area contributed by atoms with Crippen LogP contribution < -0.4 is 5.73 Å². The molecule has 0 amide bonds. The third-order valence-corrected chi connectivity index (χ3v) is 4.38. The molecule has 0 radical (unpaired) electrons. The monoisotopic (exact) mass is 389 g/mol. The number of hydrogen-bond acceptors (Lipinski definition) is 5. The highest BCUT2D eigenvalue weighted by Gasteiger charge is 2.03. The smallest absolute Gasteiger partial charge is 0.190 e. The van der Waals surface area contributed by atoms with Crippen LogP contribution in [0.15, 0.2) is 40.5 Å². The van der Waals surface area contributed by atoms with Gasteiger partial charge in [-0.2, -0.15) is 0 Å². The Morgan fingerprint density at radius 2 is 2.11 bits per heavy atom. The second-order valence-corrected chi connectivity index (χ2v) is 6.55. The Labute approximate surface area is 129 Å².